The van der Waals surface area contributed by atoms with E-state index in [2.05, 4.69) is 58.9 Å². The molecule has 0 aliphatic carbocycles. The minimum atomic E-state index is -0.0558. The zero-order valence-electron chi connectivity index (χ0n) is 39.7. The predicted octanol–water partition coefficient (Wildman–Crippen LogP) is 16.9. The van der Waals surface area contributed by atoms with Gasteiger partial charge < -0.3 is 14.2 Å². The van der Waals surface area contributed by atoms with Gasteiger partial charge in [-0.05, 0) is 57.3 Å². The predicted molar refractivity (Wildman–Crippen MR) is 251 cm³/mol. The van der Waals surface area contributed by atoms with Gasteiger partial charge in [0.05, 0.1) is 6.10 Å². The van der Waals surface area contributed by atoms with E-state index in [1.54, 1.807) is 0 Å². The number of hydrogen-bond donors (Lipinski definition) is 0. The Kier molecular flexibility index (Phi) is 45.1. The van der Waals surface area contributed by atoms with Gasteiger partial charge in [-0.25, -0.2) is 0 Å². The molecule has 0 N–H and O–H groups in total. The molecule has 58 heavy (non-hydrogen) atoms. The number of allylic oxidation sites excluding steroid dienone is 2. The number of hydrogen-bond acceptors (Lipinski definition) is 5. The lowest BCUT2D eigenvalue weighted by molar-refractivity contribution is -0.143. The van der Waals surface area contributed by atoms with Gasteiger partial charge in [0, 0.05) is 19.4 Å². The fourth-order valence-corrected chi connectivity index (χ4v) is 8.23. The quantitative estimate of drug-likeness (QED) is 0.0348. The van der Waals surface area contributed by atoms with Crippen LogP contribution in [0.4, 0.5) is 0 Å². The van der Waals surface area contributed by atoms with Crippen molar-refractivity contribution in [3.05, 3.63) is 24.3 Å². The van der Waals surface area contributed by atoms with Gasteiger partial charge in [-0.15, -0.1) is 0 Å². The largest absolute Gasteiger partial charge is 0.461 e. The third kappa shape index (κ3) is 41.1. The molecule has 0 saturated heterocycles. The lowest BCUT2D eigenvalue weighted by atomic mass is 9.91. The van der Waals surface area contributed by atoms with E-state index in [-0.39, 0.29) is 11.9 Å². The Bertz CT molecular complexity index is 818. The maximum absolute atomic E-state index is 12.3. The molecule has 0 heterocycles. The zero-order chi connectivity index (χ0) is 42.4. The Morgan fingerprint density at radius 3 is 1.03 bits per heavy atom. The van der Waals surface area contributed by atoms with Crippen molar-refractivity contribution in [2.45, 2.75) is 272 Å². The van der Waals surface area contributed by atoms with E-state index in [1.807, 2.05) is 0 Å². The van der Waals surface area contributed by atoms with Crippen LogP contribution in [0.1, 0.15) is 266 Å². The molecule has 0 saturated carbocycles. The Hall–Kier alpha value is -1.62. The summed E-state index contributed by atoms with van der Waals surface area (Å²) < 4.78 is 17.1. The number of rotatable bonds is 46. The first-order valence-corrected chi connectivity index (χ1v) is 25.7. The summed E-state index contributed by atoms with van der Waals surface area (Å²) in [6, 6.07) is 0. The second kappa shape index (κ2) is 46.4. The van der Waals surface area contributed by atoms with Crippen molar-refractivity contribution in [2.75, 3.05) is 19.8 Å². The van der Waals surface area contributed by atoms with Crippen LogP contribution in [0.2, 0.25) is 0 Å². The van der Waals surface area contributed by atoms with Crippen LogP contribution < -0.4 is 0 Å². The highest BCUT2D eigenvalue weighted by atomic mass is 16.5. The SMILES string of the molecule is CCCCCCC(C/C=C\COC(=O)CCCCCCCC(CCCCCCCC(=O)OC/C=C\CC(CCCCCC)CCCCCC)OCC)CCCCCC. The fraction of sp³-hybridized carbons (Fsp3) is 0.887. The number of esters is 2. The summed E-state index contributed by atoms with van der Waals surface area (Å²) >= 11 is 0. The summed E-state index contributed by atoms with van der Waals surface area (Å²) in [5.74, 6) is 1.44. The zero-order valence-corrected chi connectivity index (χ0v) is 39.7. The third-order valence-corrected chi connectivity index (χ3v) is 12.0. The first-order chi connectivity index (χ1) is 28.5. The fourth-order valence-electron chi connectivity index (χ4n) is 8.23. The first-order valence-electron chi connectivity index (χ1n) is 25.7. The van der Waals surface area contributed by atoms with Crippen molar-refractivity contribution in [1.29, 1.82) is 0 Å². The summed E-state index contributed by atoms with van der Waals surface area (Å²) in [5, 5.41) is 0. The summed E-state index contributed by atoms with van der Waals surface area (Å²) in [5.41, 5.74) is 0. The normalized spacial score (nSPS) is 12.0. The van der Waals surface area contributed by atoms with E-state index in [4.69, 9.17) is 14.2 Å². The van der Waals surface area contributed by atoms with Crippen LogP contribution >= 0.6 is 0 Å². The van der Waals surface area contributed by atoms with E-state index < -0.39 is 0 Å². The molecule has 0 aromatic rings. The maximum atomic E-state index is 12.3. The van der Waals surface area contributed by atoms with Crippen LogP contribution in [0, 0.1) is 11.8 Å². The van der Waals surface area contributed by atoms with E-state index in [9.17, 15) is 9.59 Å². The smallest absolute Gasteiger partial charge is 0.306 e. The minimum absolute atomic E-state index is 0.0558. The van der Waals surface area contributed by atoms with E-state index >= 15 is 0 Å². The van der Waals surface area contributed by atoms with Crippen molar-refractivity contribution >= 4 is 11.9 Å². The first kappa shape index (κ1) is 56.4. The van der Waals surface area contributed by atoms with Gasteiger partial charge >= 0.3 is 11.9 Å². The lowest BCUT2D eigenvalue weighted by Gasteiger charge is -2.17. The Labute approximate surface area is 362 Å². The molecule has 0 bridgehead atoms. The van der Waals surface area contributed by atoms with Crippen LogP contribution in [-0.2, 0) is 23.8 Å². The van der Waals surface area contributed by atoms with Gasteiger partial charge in [0.15, 0.2) is 0 Å². The van der Waals surface area contributed by atoms with E-state index in [0.29, 0.717) is 32.2 Å². The van der Waals surface area contributed by atoms with Crippen molar-refractivity contribution in [2.24, 2.45) is 11.8 Å². The molecule has 0 fully saturated rings. The monoisotopic (exact) mass is 817 g/mol. The summed E-state index contributed by atoms with van der Waals surface area (Å²) in [6.45, 7) is 12.8. The number of carbonyl (C=O) groups excluding carboxylic acids is 2. The highest BCUT2D eigenvalue weighted by Crippen LogP contribution is 2.24. The van der Waals surface area contributed by atoms with Gasteiger partial charge in [-0.1, -0.05) is 232 Å². The molecule has 0 spiro atoms. The molecular weight excluding hydrogens is 717 g/mol. The summed E-state index contributed by atoms with van der Waals surface area (Å²) in [6.07, 6.45) is 52.5. The Morgan fingerprint density at radius 1 is 0.379 bits per heavy atom. The van der Waals surface area contributed by atoms with Gasteiger partial charge in [0.25, 0.3) is 0 Å². The third-order valence-electron chi connectivity index (χ3n) is 12.0. The second-order valence-electron chi connectivity index (χ2n) is 17.6. The molecule has 0 unspecified atom stereocenters. The summed E-state index contributed by atoms with van der Waals surface area (Å²) in [7, 11) is 0. The standard InChI is InChI=1S/C53H100O5/c1-6-11-15-25-37-49(38-26-16-12-7-2)41-33-35-47-57-52(54)45-31-23-19-21-29-43-51(56-10-5)44-30-22-20-24-32-46-53(55)58-48-36-34-42-50(39-27-17-13-8-3)40-28-18-14-9-4/h33-36,49-51H,6-32,37-48H2,1-5H3/b35-33-,36-34-. The number of carbonyl (C=O) groups is 2. The molecule has 0 amide bonds. The van der Waals surface area contributed by atoms with Crippen molar-refractivity contribution in [3.8, 4) is 0 Å². The Balaban J connectivity index is 3.97. The van der Waals surface area contributed by atoms with Crippen molar-refractivity contribution in [1.82, 2.24) is 0 Å². The highest BCUT2D eigenvalue weighted by molar-refractivity contribution is 5.69. The van der Waals surface area contributed by atoms with Gasteiger partial charge in [0.1, 0.15) is 13.2 Å². The molecule has 0 radical (unpaired) electrons. The second-order valence-corrected chi connectivity index (χ2v) is 17.6. The molecular formula is C53H100O5. The van der Waals surface area contributed by atoms with Gasteiger partial charge in [-0.2, -0.15) is 0 Å². The Morgan fingerprint density at radius 2 is 0.690 bits per heavy atom. The molecule has 0 aliphatic heterocycles. The van der Waals surface area contributed by atoms with E-state index in [0.717, 1.165) is 69.8 Å². The summed E-state index contributed by atoms with van der Waals surface area (Å²) in [4.78, 5) is 24.5. The molecule has 5 heteroatoms. The molecule has 342 valence electrons. The van der Waals surface area contributed by atoms with Crippen LogP contribution in [0.5, 0.6) is 0 Å². The molecule has 0 atom stereocenters. The maximum Gasteiger partial charge on any atom is 0.306 e. The van der Waals surface area contributed by atoms with Crippen LogP contribution in [0.3, 0.4) is 0 Å². The molecule has 5 nitrogen and oxygen atoms in total. The molecule has 0 rings (SSSR count). The lowest BCUT2D eigenvalue weighted by Crippen LogP contribution is -2.12. The molecule has 0 aromatic carbocycles. The number of unbranched alkanes of at least 4 members (excludes halogenated alkanes) is 20. The minimum Gasteiger partial charge on any atom is -0.461 e. The van der Waals surface area contributed by atoms with Crippen LogP contribution in [0.15, 0.2) is 24.3 Å². The van der Waals surface area contributed by atoms with Crippen molar-refractivity contribution in [3.63, 3.8) is 0 Å². The van der Waals surface area contributed by atoms with Crippen molar-refractivity contribution < 1.29 is 23.8 Å². The highest BCUT2D eigenvalue weighted by Gasteiger charge is 2.11. The van der Waals surface area contributed by atoms with Gasteiger partial charge in [0.2, 0.25) is 0 Å². The topological polar surface area (TPSA) is 61.8 Å². The molecule has 0 aliphatic rings. The average Bonchev–Trinajstić information content (AvgIpc) is 3.22. The van der Waals surface area contributed by atoms with Crippen LogP contribution in [0.25, 0.3) is 0 Å². The molecule has 0 aromatic heterocycles. The number of ether oxygens (including phenoxy) is 3. The van der Waals surface area contributed by atoms with Gasteiger partial charge in [-0.3, -0.25) is 9.59 Å². The average molecular weight is 817 g/mol. The van der Waals surface area contributed by atoms with E-state index in [1.165, 1.54) is 167 Å². The van der Waals surface area contributed by atoms with Crippen LogP contribution in [-0.4, -0.2) is 37.9 Å².